The molecule has 0 spiro atoms. The lowest BCUT2D eigenvalue weighted by Crippen LogP contribution is -2.26. The summed E-state index contributed by atoms with van der Waals surface area (Å²) in [5, 5.41) is 9.90. The molecule has 1 N–H and O–H groups in total. The highest BCUT2D eigenvalue weighted by molar-refractivity contribution is 5.39. The van der Waals surface area contributed by atoms with Crippen molar-refractivity contribution in [2.45, 2.75) is 38.6 Å². The fraction of sp³-hybridized carbons (Fsp3) is 0.625. The molecule has 1 fully saturated rings. The third-order valence-corrected chi connectivity index (χ3v) is 4.02. The molecule has 1 aromatic carbocycles. The van der Waals surface area contributed by atoms with Gasteiger partial charge in [-0.25, -0.2) is 0 Å². The summed E-state index contributed by atoms with van der Waals surface area (Å²) in [6.07, 6.45) is 6.87. The van der Waals surface area contributed by atoms with E-state index in [1.165, 1.54) is 32.1 Å². The lowest BCUT2D eigenvalue weighted by atomic mass is 9.89. The van der Waals surface area contributed by atoms with E-state index in [2.05, 4.69) is 11.9 Å². The first-order valence-corrected chi connectivity index (χ1v) is 7.23. The molecular weight excluding hydrogens is 238 g/mol. The number of methoxy groups -OCH3 is 1. The van der Waals surface area contributed by atoms with Gasteiger partial charge in [0.25, 0.3) is 0 Å². The molecule has 0 unspecified atom stereocenters. The van der Waals surface area contributed by atoms with Gasteiger partial charge in [0.05, 0.1) is 7.11 Å². The number of nitrogens with zero attached hydrogens (tertiary/aromatic N) is 1. The van der Waals surface area contributed by atoms with Crippen molar-refractivity contribution in [1.29, 1.82) is 0 Å². The van der Waals surface area contributed by atoms with E-state index in [9.17, 15) is 5.11 Å². The highest BCUT2D eigenvalue weighted by atomic mass is 16.5. The molecular formula is C16H25NO2. The molecule has 0 amide bonds. The number of phenolic OH excluding ortho intramolecular Hbond substituents is 1. The maximum Gasteiger partial charge on any atom is 0.120 e. The summed E-state index contributed by atoms with van der Waals surface area (Å²) in [4.78, 5) is 2.31. The molecule has 0 aliphatic heterocycles. The van der Waals surface area contributed by atoms with Gasteiger partial charge in [0.1, 0.15) is 11.5 Å². The lowest BCUT2D eigenvalue weighted by Gasteiger charge is -2.27. The Labute approximate surface area is 116 Å². The van der Waals surface area contributed by atoms with Crippen molar-refractivity contribution in [3.63, 3.8) is 0 Å². The van der Waals surface area contributed by atoms with Gasteiger partial charge in [-0.3, -0.25) is 0 Å². The molecule has 0 saturated heterocycles. The monoisotopic (exact) mass is 263 g/mol. The summed E-state index contributed by atoms with van der Waals surface area (Å²) >= 11 is 0. The molecule has 106 valence electrons. The fourth-order valence-corrected chi connectivity index (χ4v) is 2.98. The molecule has 1 aliphatic carbocycles. The average molecular weight is 263 g/mol. The van der Waals surface area contributed by atoms with E-state index >= 15 is 0 Å². The van der Waals surface area contributed by atoms with Crippen molar-refractivity contribution in [2.24, 2.45) is 5.92 Å². The number of aromatic hydroxyl groups is 1. The molecule has 2 rings (SSSR count). The van der Waals surface area contributed by atoms with Gasteiger partial charge in [-0.1, -0.05) is 19.3 Å². The van der Waals surface area contributed by atoms with E-state index in [-0.39, 0.29) is 0 Å². The zero-order valence-corrected chi connectivity index (χ0v) is 12.1. The van der Waals surface area contributed by atoms with Crippen LogP contribution in [0.3, 0.4) is 0 Å². The molecule has 19 heavy (non-hydrogen) atoms. The SMILES string of the molecule is COc1ccc(O)c(CN(C)CC2CCCCC2)c1. The van der Waals surface area contributed by atoms with E-state index in [1.54, 1.807) is 19.2 Å². The van der Waals surface area contributed by atoms with Crippen molar-refractivity contribution in [3.8, 4) is 11.5 Å². The van der Waals surface area contributed by atoms with Crippen LogP contribution in [0, 0.1) is 5.92 Å². The zero-order chi connectivity index (χ0) is 13.7. The van der Waals surface area contributed by atoms with Crippen LogP contribution in [0.1, 0.15) is 37.7 Å². The Morgan fingerprint density at radius 1 is 1.26 bits per heavy atom. The Morgan fingerprint density at radius 2 is 2.00 bits per heavy atom. The predicted molar refractivity (Wildman–Crippen MR) is 77.6 cm³/mol. The minimum absolute atomic E-state index is 0.358. The second kappa shape index (κ2) is 6.80. The Hall–Kier alpha value is -1.22. The van der Waals surface area contributed by atoms with Gasteiger partial charge in [0, 0.05) is 18.7 Å². The molecule has 1 saturated carbocycles. The third-order valence-electron chi connectivity index (χ3n) is 4.02. The molecule has 0 radical (unpaired) electrons. The quantitative estimate of drug-likeness (QED) is 0.883. The third kappa shape index (κ3) is 4.13. The van der Waals surface area contributed by atoms with Gasteiger partial charge in [-0.05, 0) is 44.0 Å². The predicted octanol–water partition coefficient (Wildman–Crippen LogP) is 3.41. The molecule has 1 aromatic rings. The maximum atomic E-state index is 9.90. The van der Waals surface area contributed by atoms with Gasteiger partial charge in [0.2, 0.25) is 0 Å². The van der Waals surface area contributed by atoms with Crippen LogP contribution in [-0.4, -0.2) is 30.7 Å². The van der Waals surface area contributed by atoms with Crippen LogP contribution >= 0.6 is 0 Å². The first-order chi connectivity index (χ1) is 9.19. The zero-order valence-electron chi connectivity index (χ0n) is 12.1. The van der Waals surface area contributed by atoms with Gasteiger partial charge in [-0.2, -0.15) is 0 Å². The van der Waals surface area contributed by atoms with Crippen LogP contribution in [0.2, 0.25) is 0 Å². The van der Waals surface area contributed by atoms with Crippen LogP contribution in [0.15, 0.2) is 18.2 Å². The van der Waals surface area contributed by atoms with Gasteiger partial charge in [-0.15, -0.1) is 0 Å². The van der Waals surface area contributed by atoms with Crippen molar-refractivity contribution in [1.82, 2.24) is 4.90 Å². The number of phenols is 1. The van der Waals surface area contributed by atoms with Gasteiger partial charge < -0.3 is 14.7 Å². The van der Waals surface area contributed by atoms with E-state index in [1.807, 2.05) is 6.07 Å². The number of hydrogen-bond acceptors (Lipinski definition) is 3. The molecule has 0 heterocycles. The second-order valence-electron chi connectivity index (χ2n) is 5.70. The molecule has 3 heteroatoms. The Balaban J connectivity index is 1.92. The van der Waals surface area contributed by atoms with E-state index in [4.69, 9.17) is 4.74 Å². The van der Waals surface area contributed by atoms with Crippen LogP contribution in [0.4, 0.5) is 0 Å². The number of rotatable bonds is 5. The van der Waals surface area contributed by atoms with E-state index in [0.29, 0.717) is 5.75 Å². The summed E-state index contributed by atoms with van der Waals surface area (Å²) in [6, 6.07) is 5.43. The maximum absolute atomic E-state index is 9.90. The summed E-state index contributed by atoms with van der Waals surface area (Å²) in [7, 11) is 3.79. The Bertz CT molecular complexity index is 400. The van der Waals surface area contributed by atoms with E-state index in [0.717, 1.165) is 30.3 Å². The summed E-state index contributed by atoms with van der Waals surface area (Å²) in [6.45, 7) is 1.90. The number of benzene rings is 1. The summed E-state index contributed by atoms with van der Waals surface area (Å²) < 4.78 is 5.21. The molecule has 0 atom stereocenters. The molecule has 1 aliphatic rings. The lowest BCUT2D eigenvalue weighted by molar-refractivity contribution is 0.226. The van der Waals surface area contributed by atoms with Crippen LogP contribution in [-0.2, 0) is 6.54 Å². The first kappa shape index (κ1) is 14.2. The molecule has 0 bridgehead atoms. The van der Waals surface area contributed by atoms with Crippen molar-refractivity contribution < 1.29 is 9.84 Å². The van der Waals surface area contributed by atoms with Crippen molar-refractivity contribution in [3.05, 3.63) is 23.8 Å². The Morgan fingerprint density at radius 3 is 2.68 bits per heavy atom. The van der Waals surface area contributed by atoms with Crippen LogP contribution in [0.25, 0.3) is 0 Å². The van der Waals surface area contributed by atoms with Crippen LogP contribution < -0.4 is 4.74 Å². The number of hydrogen-bond donors (Lipinski definition) is 1. The molecule has 3 nitrogen and oxygen atoms in total. The topological polar surface area (TPSA) is 32.7 Å². The first-order valence-electron chi connectivity index (χ1n) is 7.23. The standard InChI is InChI=1S/C16H25NO2/c1-17(11-13-6-4-3-5-7-13)12-14-10-15(19-2)8-9-16(14)18/h8-10,13,18H,3-7,11-12H2,1-2H3. The minimum Gasteiger partial charge on any atom is -0.508 e. The van der Waals surface area contributed by atoms with Crippen molar-refractivity contribution >= 4 is 0 Å². The summed E-state index contributed by atoms with van der Waals surface area (Å²) in [5.41, 5.74) is 0.942. The van der Waals surface area contributed by atoms with Crippen LogP contribution in [0.5, 0.6) is 11.5 Å². The highest BCUT2D eigenvalue weighted by Crippen LogP contribution is 2.27. The molecule has 0 aromatic heterocycles. The Kier molecular flexibility index (Phi) is 5.08. The van der Waals surface area contributed by atoms with E-state index < -0.39 is 0 Å². The van der Waals surface area contributed by atoms with Gasteiger partial charge >= 0.3 is 0 Å². The number of ether oxygens (including phenoxy) is 1. The van der Waals surface area contributed by atoms with Gasteiger partial charge in [0.15, 0.2) is 0 Å². The largest absolute Gasteiger partial charge is 0.508 e. The summed E-state index contributed by atoms with van der Waals surface area (Å²) in [5.74, 6) is 1.99. The fourth-order valence-electron chi connectivity index (χ4n) is 2.98. The smallest absolute Gasteiger partial charge is 0.120 e. The average Bonchev–Trinajstić information content (AvgIpc) is 2.42. The minimum atomic E-state index is 0.358. The van der Waals surface area contributed by atoms with Crippen molar-refractivity contribution in [2.75, 3.05) is 20.7 Å². The highest BCUT2D eigenvalue weighted by Gasteiger charge is 2.16. The second-order valence-corrected chi connectivity index (χ2v) is 5.70. The normalized spacial score (nSPS) is 16.8.